The Kier molecular flexibility index (Phi) is 4.16. The largest absolute Gasteiger partial charge is 0.381 e. The molecular formula is C16H28O3. The second kappa shape index (κ2) is 5.71. The molecule has 7 unspecified atom stereocenters. The average Bonchev–Trinajstić information content (AvgIpc) is 2.78. The topological polar surface area (TPSA) is 27.7 Å². The van der Waals surface area contributed by atoms with Gasteiger partial charge < -0.3 is 14.2 Å². The van der Waals surface area contributed by atoms with Gasteiger partial charge in [0.05, 0.1) is 24.4 Å². The lowest BCUT2D eigenvalue weighted by molar-refractivity contribution is -0.0879. The summed E-state index contributed by atoms with van der Waals surface area (Å²) in [4.78, 5) is 0. The Hall–Kier alpha value is -0.120. The molecule has 2 aliphatic carbocycles. The number of ether oxygens (including phenoxy) is 3. The van der Waals surface area contributed by atoms with Crippen LogP contribution in [0.25, 0.3) is 0 Å². The summed E-state index contributed by atoms with van der Waals surface area (Å²) in [6, 6.07) is 0. The molecular weight excluding hydrogens is 240 g/mol. The molecule has 3 aliphatic rings. The third-order valence-electron chi connectivity index (χ3n) is 5.69. The third kappa shape index (κ3) is 2.45. The van der Waals surface area contributed by atoms with Crippen LogP contribution >= 0.6 is 0 Å². The van der Waals surface area contributed by atoms with E-state index >= 15 is 0 Å². The molecule has 1 saturated heterocycles. The van der Waals surface area contributed by atoms with E-state index in [-0.39, 0.29) is 0 Å². The summed E-state index contributed by atoms with van der Waals surface area (Å²) in [5, 5.41) is 0. The van der Waals surface area contributed by atoms with E-state index in [4.69, 9.17) is 14.2 Å². The van der Waals surface area contributed by atoms with Gasteiger partial charge in [-0.15, -0.1) is 0 Å². The standard InChI is InChI=1S/C16H28O3/c1-4-18-11-5-6-12-13-7-8-14(17-3)10(2)16(13)19-15(12)9-11/h10-16H,4-9H2,1-3H3. The minimum Gasteiger partial charge on any atom is -0.381 e. The van der Waals surface area contributed by atoms with Gasteiger partial charge in [0.2, 0.25) is 0 Å². The summed E-state index contributed by atoms with van der Waals surface area (Å²) in [6.07, 6.45) is 7.81. The Morgan fingerprint density at radius 2 is 1.89 bits per heavy atom. The van der Waals surface area contributed by atoms with E-state index in [0.29, 0.717) is 30.3 Å². The lowest BCUT2D eigenvalue weighted by Crippen LogP contribution is -2.41. The quantitative estimate of drug-likeness (QED) is 0.787. The molecule has 1 heterocycles. The second-order valence-electron chi connectivity index (χ2n) is 6.57. The van der Waals surface area contributed by atoms with Crippen molar-refractivity contribution in [1.29, 1.82) is 0 Å². The Morgan fingerprint density at radius 3 is 2.63 bits per heavy atom. The summed E-state index contributed by atoms with van der Waals surface area (Å²) in [6.45, 7) is 5.23. The van der Waals surface area contributed by atoms with Crippen molar-refractivity contribution >= 4 is 0 Å². The zero-order valence-corrected chi connectivity index (χ0v) is 12.5. The Labute approximate surface area is 117 Å². The first kappa shape index (κ1) is 13.8. The van der Waals surface area contributed by atoms with E-state index in [1.807, 2.05) is 7.11 Å². The van der Waals surface area contributed by atoms with Crippen molar-refractivity contribution in [1.82, 2.24) is 0 Å². The molecule has 3 fully saturated rings. The van der Waals surface area contributed by atoms with Crippen LogP contribution in [-0.4, -0.2) is 38.1 Å². The van der Waals surface area contributed by atoms with E-state index in [0.717, 1.165) is 24.9 Å². The van der Waals surface area contributed by atoms with Crippen molar-refractivity contribution in [2.24, 2.45) is 17.8 Å². The Morgan fingerprint density at radius 1 is 1.11 bits per heavy atom. The summed E-state index contributed by atoms with van der Waals surface area (Å²) in [7, 11) is 1.84. The van der Waals surface area contributed by atoms with Gasteiger partial charge >= 0.3 is 0 Å². The monoisotopic (exact) mass is 268 g/mol. The fourth-order valence-electron chi connectivity index (χ4n) is 4.75. The molecule has 0 radical (unpaired) electrons. The molecule has 19 heavy (non-hydrogen) atoms. The van der Waals surface area contributed by atoms with E-state index < -0.39 is 0 Å². The highest BCUT2D eigenvalue weighted by Gasteiger charge is 2.51. The molecule has 0 N–H and O–H groups in total. The van der Waals surface area contributed by atoms with Gasteiger partial charge in [-0.3, -0.25) is 0 Å². The predicted octanol–water partition coefficient (Wildman–Crippen LogP) is 3.02. The number of hydrogen-bond acceptors (Lipinski definition) is 3. The molecule has 1 aliphatic heterocycles. The fraction of sp³-hybridized carbons (Fsp3) is 1.00. The average molecular weight is 268 g/mol. The van der Waals surface area contributed by atoms with E-state index in [1.165, 1.54) is 25.7 Å². The Balaban J connectivity index is 1.67. The molecule has 3 rings (SSSR count). The molecule has 0 aromatic carbocycles. The lowest BCUT2D eigenvalue weighted by Gasteiger charge is -2.38. The summed E-state index contributed by atoms with van der Waals surface area (Å²) in [5.74, 6) is 2.09. The van der Waals surface area contributed by atoms with Crippen LogP contribution in [0.3, 0.4) is 0 Å². The van der Waals surface area contributed by atoms with Crippen LogP contribution in [0, 0.1) is 17.8 Å². The number of rotatable bonds is 3. The van der Waals surface area contributed by atoms with Crippen molar-refractivity contribution in [3.05, 3.63) is 0 Å². The molecule has 0 amide bonds. The lowest BCUT2D eigenvalue weighted by atomic mass is 9.69. The summed E-state index contributed by atoms with van der Waals surface area (Å²) >= 11 is 0. The molecule has 0 bridgehead atoms. The first-order valence-electron chi connectivity index (χ1n) is 8.04. The van der Waals surface area contributed by atoms with Crippen molar-refractivity contribution < 1.29 is 14.2 Å². The van der Waals surface area contributed by atoms with E-state index in [1.54, 1.807) is 0 Å². The van der Waals surface area contributed by atoms with Crippen LogP contribution < -0.4 is 0 Å². The van der Waals surface area contributed by atoms with E-state index in [2.05, 4.69) is 13.8 Å². The van der Waals surface area contributed by atoms with Crippen LogP contribution in [0.5, 0.6) is 0 Å². The van der Waals surface area contributed by atoms with Crippen molar-refractivity contribution in [2.45, 2.75) is 70.4 Å². The van der Waals surface area contributed by atoms with Crippen LogP contribution in [0.4, 0.5) is 0 Å². The van der Waals surface area contributed by atoms with Crippen LogP contribution in [-0.2, 0) is 14.2 Å². The second-order valence-corrected chi connectivity index (χ2v) is 6.57. The first-order valence-corrected chi connectivity index (χ1v) is 8.04. The van der Waals surface area contributed by atoms with Gasteiger partial charge in [0.25, 0.3) is 0 Å². The molecule has 0 aromatic rings. The maximum atomic E-state index is 6.43. The van der Waals surface area contributed by atoms with Gasteiger partial charge in [-0.1, -0.05) is 6.92 Å². The van der Waals surface area contributed by atoms with Gasteiger partial charge in [0.1, 0.15) is 0 Å². The maximum absolute atomic E-state index is 6.43. The third-order valence-corrected chi connectivity index (χ3v) is 5.69. The highest BCUT2D eigenvalue weighted by molar-refractivity contribution is 5.00. The predicted molar refractivity (Wildman–Crippen MR) is 74.1 cm³/mol. The van der Waals surface area contributed by atoms with Crippen molar-refractivity contribution in [3.8, 4) is 0 Å². The van der Waals surface area contributed by atoms with Gasteiger partial charge in [0.15, 0.2) is 0 Å². The van der Waals surface area contributed by atoms with Gasteiger partial charge in [0, 0.05) is 26.1 Å². The number of fused-ring (bicyclic) bond motifs is 3. The minimum absolute atomic E-state index is 0.393. The normalized spacial score (nSPS) is 49.7. The van der Waals surface area contributed by atoms with Crippen LogP contribution in [0.1, 0.15) is 46.0 Å². The molecule has 0 spiro atoms. The minimum atomic E-state index is 0.393. The van der Waals surface area contributed by atoms with Crippen LogP contribution in [0.2, 0.25) is 0 Å². The molecule has 110 valence electrons. The molecule has 2 saturated carbocycles. The zero-order chi connectivity index (χ0) is 13.4. The molecule has 0 aromatic heterocycles. The van der Waals surface area contributed by atoms with Crippen LogP contribution in [0.15, 0.2) is 0 Å². The molecule has 3 nitrogen and oxygen atoms in total. The van der Waals surface area contributed by atoms with Crippen molar-refractivity contribution in [3.63, 3.8) is 0 Å². The summed E-state index contributed by atoms with van der Waals surface area (Å²) in [5.41, 5.74) is 0. The van der Waals surface area contributed by atoms with Crippen molar-refractivity contribution in [2.75, 3.05) is 13.7 Å². The molecule has 3 heteroatoms. The fourth-order valence-corrected chi connectivity index (χ4v) is 4.75. The first-order chi connectivity index (χ1) is 9.24. The zero-order valence-electron chi connectivity index (χ0n) is 12.5. The SMILES string of the molecule is CCOC1CCC2C(C1)OC1C(C)C(OC)CCC21. The van der Waals surface area contributed by atoms with Gasteiger partial charge in [-0.05, 0) is 44.4 Å². The smallest absolute Gasteiger partial charge is 0.0661 e. The molecule has 7 atom stereocenters. The van der Waals surface area contributed by atoms with E-state index in [9.17, 15) is 0 Å². The Bertz CT molecular complexity index is 306. The number of hydrogen-bond donors (Lipinski definition) is 0. The van der Waals surface area contributed by atoms with Gasteiger partial charge in [-0.25, -0.2) is 0 Å². The highest BCUT2D eigenvalue weighted by atomic mass is 16.5. The number of methoxy groups -OCH3 is 1. The maximum Gasteiger partial charge on any atom is 0.0661 e. The summed E-state index contributed by atoms with van der Waals surface area (Å²) < 4.78 is 17.9. The van der Waals surface area contributed by atoms with Gasteiger partial charge in [-0.2, -0.15) is 0 Å². The highest BCUT2D eigenvalue weighted by Crippen LogP contribution is 2.49.